The van der Waals surface area contributed by atoms with Crippen LogP contribution in [0.25, 0.3) is 10.2 Å². The van der Waals surface area contributed by atoms with Crippen LogP contribution < -0.4 is 0 Å². The summed E-state index contributed by atoms with van der Waals surface area (Å²) < 4.78 is 2.13. The van der Waals surface area contributed by atoms with Crippen molar-refractivity contribution in [2.24, 2.45) is 0 Å². The number of rotatable bonds is 2. The average Bonchev–Trinajstić information content (AvgIpc) is 2.71. The third kappa shape index (κ3) is 2.64. The first-order valence-electron chi connectivity index (χ1n) is 6.23. The van der Waals surface area contributed by atoms with E-state index in [1.807, 2.05) is 0 Å². The summed E-state index contributed by atoms with van der Waals surface area (Å²) in [5.41, 5.74) is 2.55. The molecule has 0 bridgehead atoms. The maximum atomic E-state index is 5.18. The lowest BCUT2D eigenvalue weighted by Gasteiger charge is -2.32. The van der Waals surface area contributed by atoms with Crippen molar-refractivity contribution >= 4 is 33.8 Å². The number of likely N-dealkylation sites (N-methyl/N-ethyl adjacent to an activating group) is 1. The van der Waals surface area contributed by atoms with E-state index >= 15 is 0 Å². The first-order chi connectivity index (χ1) is 8.70. The molecule has 1 aromatic heterocycles. The van der Waals surface area contributed by atoms with Crippen LogP contribution in [0.15, 0.2) is 18.2 Å². The minimum atomic E-state index is 0.863. The van der Waals surface area contributed by atoms with Gasteiger partial charge in [-0.15, -0.1) is 11.3 Å². The van der Waals surface area contributed by atoms with E-state index in [0.717, 1.165) is 29.1 Å². The summed E-state index contributed by atoms with van der Waals surface area (Å²) in [6.45, 7) is 5.72. The van der Waals surface area contributed by atoms with Crippen LogP contribution >= 0.6 is 23.6 Å². The van der Waals surface area contributed by atoms with Gasteiger partial charge in [0.15, 0.2) is 3.95 Å². The maximum Gasteiger partial charge on any atom is 0.159 e. The summed E-state index contributed by atoms with van der Waals surface area (Å²) in [5, 5.41) is 0. The van der Waals surface area contributed by atoms with Crippen molar-refractivity contribution in [1.29, 1.82) is 0 Å². The van der Waals surface area contributed by atoms with E-state index in [-0.39, 0.29) is 0 Å². The van der Waals surface area contributed by atoms with Gasteiger partial charge in [0.2, 0.25) is 0 Å². The van der Waals surface area contributed by atoms with E-state index in [1.165, 1.54) is 23.4 Å². The third-order valence-electron chi connectivity index (χ3n) is 3.49. The summed E-state index contributed by atoms with van der Waals surface area (Å²) in [6.07, 6.45) is 0. The van der Waals surface area contributed by atoms with E-state index in [1.54, 1.807) is 11.3 Å². The fourth-order valence-electron chi connectivity index (χ4n) is 2.35. The van der Waals surface area contributed by atoms with Gasteiger partial charge in [0, 0.05) is 32.7 Å². The van der Waals surface area contributed by atoms with Crippen LogP contribution in [-0.4, -0.2) is 48.0 Å². The van der Waals surface area contributed by atoms with Crippen LogP contribution in [0.2, 0.25) is 0 Å². The molecule has 1 aliphatic heterocycles. The zero-order chi connectivity index (χ0) is 12.5. The standard InChI is InChI=1S/C13H17N3S2/c1-15-4-6-16(7-5-15)9-10-2-3-11-12(8-10)18-13(17)14-11/h2-3,8H,4-7,9H2,1H3,(H,14,17). The van der Waals surface area contributed by atoms with Crippen LogP contribution in [0.4, 0.5) is 0 Å². The molecule has 1 aromatic carbocycles. The molecule has 0 radical (unpaired) electrons. The second-order valence-corrected chi connectivity index (χ2v) is 6.64. The molecular weight excluding hydrogens is 262 g/mol. The lowest BCUT2D eigenvalue weighted by Crippen LogP contribution is -2.43. The average molecular weight is 279 g/mol. The van der Waals surface area contributed by atoms with Crippen LogP contribution in [0.1, 0.15) is 5.56 Å². The van der Waals surface area contributed by atoms with Gasteiger partial charge in [-0.25, -0.2) is 0 Å². The highest BCUT2D eigenvalue weighted by Gasteiger charge is 2.13. The van der Waals surface area contributed by atoms with Crippen molar-refractivity contribution in [3.05, 3.63) is 27.7 Å². The van der Waals surface area contributed by atoms with Gasteiger partial charge in [-0.2, -0.15) is 0 Å². The second-order valence-electron chi connectivity index (χ2n) is 4.92. The van der Waals surface area contributed by atoms with E-state index in [0.29, 0.717) is 0 Å². The number of hydrogen-bond donors (Lipinski definition) is 1. The molecule has 1 fully saturated rings. The molecule has 5 heteroatoms. The Morgan fingerprint density at radius 2 is 2.06 bits per heavy atom. The van der Waals surface area contributed by atoms with Gasteiger partial charge >= 0.3 is 0 Å². The molecule has 18 heavy (non-hydrogen) atoms. The minimum absolute atomic E-state index is 0.863. The minimum Gasteiger partial charge on any atom is -0.337 e. The van der Waals surface area contributed by atoms with Crippen LogP contribution in [0.5, 0.6) is 0 Å². The Morgan fingerprint density at radius 3 is 2.83 bits per heavy atom. The van der Waals surface area contributed by atoms with Gasteiger partial charge in [-0.3, -0.25) is 4.90 Å². The molecule has 96 valence electrons. The predicted octanol–water partition coefficient (Wildman–Crippen LogP) is 2.71. The summed E-state index contributed by atoms with van der Waals surface area (Å²) in [4.78, 5) is 8.12. The van der Waals surface area contributed by atoms with Crippen molar-refractivity contribution in [2.45, 2.75) is 6.54 Å². The number of H-pyrrole nitrogens is 1. The predicted molar refractivity (Wildman–Crippen MR) is 79.8 cm³/mol. The lowest BCUT2D eigenvalue weighted by molar-refractivity contribution is 0.148. The van der Waals surface area contributed by atoms with Crippen LogP contribution in [0.3, 0.4) is 0 Å². The SMILES string of the molecule is CN1CCN(Cc2ccc3[nH]c(=S)sc3c2)CC1. The zero-order valence-electron chi connectivity index (χ0n) is 10.5. The highest BCUT2D eigenvalue weighted by molar-refractivity contribution is 7.73. The molecule has 1 N–H and O–H groups in total. The highest BCUT2D eigenvalue weighted by Crippen LogP contribution is 2.21. The number of aromatic amines is 1. The number of nitrogens with zero attached hydrogens (tertiary/aromatic N) is 2. The van der Waals surface area contributed by atoms with Crippen LogP contribution in [-0.2, 0) is 6.54 Å². The van der Waals surface area contributed by atoms with Crippen molar-refractivity contribution in [3.63, 3.8) is 0 Å². The largest absolute Gasteiger partial charge is 0.337 e. The summed E-state index contributed by atoms with van der Waals surface area (Å²) in [7, 11) is 2.19. The molecule has 0 atom stereocenters. The molecule has 1 aliphatic rings. The van der Waals surface area contributed by atoms with Gasteiger partial charge in [-0.05, 0) is 37.0 Å². The molecule has 3 rings (SSSR count). The van der Waals surface area contributed by atoms with Crippen molar-refractivity contribution in [2.75, 3.05) is 33.2 Å². The second kappa shape index (κ2) is 5.09. The first kappa shape index (κ1) is 12.3. The van der Waals surface area contributed by atoms with Crippen molar-refractivity contribution < 1.29 is 0 Å². The smallest absolute Gasteiger partial charge is 0.159 e. The number of nitrogens with one attached hydrogen (secondary N) is 1. The Labute approximate surface area is 116 Å². The van der Waals surface area contributed by atoms with Gasteiger partial charge in [-0.1, -0.05) is 6.07 Å². The first-order valence-corrected chi connectivity index (χ1v) is 7.46. The Kier molecular flexibility index (Phi) is 3.48. The summed E-state index contributed by atoms with van der Waals surface area (Å²) >= 11 is 6.84. The molecule has 0 saturated carbocycles. The molecule has 0 amide bonds. The number of fused-ring (bicyclic) bond motifs is 1. The number of benzene rings is 1. The molecule has 2 heterocycles. The summed E-state index contributed by atoms with van der Waals surface area (Å²) in [5.74, 6) is 0. The lowest BCUT2D eigenvalue weighted by atomic mass is 10.2. The van der Waals surface area contributed by atoms with Crippen molar-refractivity contribution in [3.8, 4) is 0 Å². The fourth-order valence-corrected chi connectivity index (χ4v) is 3.53. The Morgan fingerprint density at radius 1 is 1.28 bits per heavy atom. The highest BCUT2D eigenvalue weighted by atomic mass is 32.1. The molecule has 3 nitrogen and oxygen atoms in total. The zero-order valence-corrected chi connectivity index (χ0v) is 12.1. The van der Waals surface area contributed by atoms with Crippen molar-refractivity contribution in [1.82, 2.24) is 14.8 Å². The normalized spacial score (nSPS) is 18.5. The quantitative estimate of drug-likeness (QED) is 0.855. The monoisotopic (exact) mass is 279 g/mol. The van der Waals surface area contributed by atoms with E-state index in [4.69, 9.17) is 12.2 Å². The van der Waals surface area contributed by atoms with Gasteiger partial charge in [0.25, 0.3) is 0 Å². The van der Waals surface area contributed by atoms with Gasteiger partial charge < -0.3 is 9.88 Å². The third-order valence-corrected chi connectivity index (χ3v) is 4.68. The van der Waals surface area contributed by atoms with E-state index < -0.39 is 0 Å². The number of aromatic nitrogens is 1. The summed E-state index contributed by atoms with van der Waals surface area (Å²) in [6, 6.07) is 6.62. The van der Waals surface area contributed by atoms with Crippen LogP contribution in [0, 0.1) is 3.95 Å². The Balaban J connectivity index is 1.76. The maximum absolute atomic E-state index is 5.18. The van der Waals surface area contributed by atoms with E-state index in [9.17, 15) is 0 Å². The Bertz CT molecular complexity index is 594. The number of piperazine rings is 1. The molecule has 0 aliphatic carbocycles. The molecule has 2 aromatic rings. The molecule has 1 saturated heterocycles. The van der Waals surface area contributed by atoms with Gasteiger partial charge in [0.05, 0.1) is 10.2 Å². The fraction of sp³-hybridized carbons (Fsp3) is 0.462. The molecule has 0 unspecified atom stereocenters. The van der Waals surface area contributed by atoms with E-state index in [2.05, 4.69) is 40.0 Å². The van der Waals surface area contributed by atoms with Gasteiger partial charge in [0.1, 0.15) is 0 Å². The Hall–Kier alpha value is -0.750. The number of thiazole rings is 1. The molecule has 0 spiro atoms. The number of hydrogen-bond acceptors (Lipinski definition) is 4. The topological polar surface area (TPSA) is 22.3 Å². The molecular formula is C13H17N3S2.